The number of rotatable bonds is 7. The van der Waals surface area contributed by atoms with Crippen LogP contribution in [0.2, 0.25) is 5.02 Å². The molecule has 0 aliphatic rings. The third-order valence-electron chi connectivity index (χ3n) is 4.72. The van der Waals surface area contributed by atoms with Crippen LogP contribution in [0, 0.1) is 17.0 Å². The SMILES string of the molecule is COc1ccc(C(=O)NC(=Cc2cccc([N+](=O)[O-])c2)C(=O)Nc2ccc(Br)c(C)c2)c(Cl)c1. The van der Waals surface area contributed by atoms with Crippen LogP contribution in [-0.4, -0.2) is 23.8 Å². The second-order valence-corrected chi connectivity index (χ2v) is 8.39. The van der Waals surface area contributed by atoms with E-state index in [1.165, 1.54) is 43.5 Å². The van der Waals surface area contributed by atoms with Crippen molar-refractivity contribution in [2.75, 3.05) is 12.4 Å². The van der Waals surface area contributed by atoms with Crippen molar-refractivity contribution < 1.29 is 19.2 Å². The first kappa shape index (κ1) is 24.9. The number of non-ortho nitro benzene ring substituents is 1. The molecule has 0 heterocycles. The van der Waals surface area contributed by atoms with Gasteiger partial charge in [0.2, 0.25) is 0 Å². The smallest absolute Gasteiger partial charge is 0.272 e. The Morgan fingerprint density at radius 1 is 1.12 bits per heavy atom. The Morgan fingerprint density at radius 3 is 2.53 bits per heavy atom. The number of nitro groups is 1. The second-order valence-electron chi connectivity index (χ2n) is 7.13. The number of anilines is 1. The third-order valence-corrected chi connectivity index (χ3v) is 5.92. The summed E-state index contributed by atoms with van der Waals surface area (Å²) in [5.41, 5.74) is 1.61. The lowest BCUT2D eigenvalue weighted by Crippen LogP contribution is -2.31. The zero-order valence-corrected chi connectivity index (χ0v) is 20.4. The molecule has 0 fully saturated rings. The lowest BCUT2D eigenvalue weighted by atomic mass is 10.1. The molecule has 8 nitrogen and oxygen atoms in total. The van der Waals surface area contributed by atoms with Gasteiger partial charge < -0.3 is 15.4 Å². The molecule has 3 aromatic carbocycles. The quantitative estimate of drug-likeness (QED) is 0.224. The number of hydrogen-bond donors (Lipinski definition) is 2. The Morgan fingerprint density at radius 2 is 1.88 bits per heavy atom. The number of carbonyl (C=O) groups excluding carboxylic acids is 2. The number of aryl methyl sites for hydroxylation is 1. The molecule has 0 bridgehead atoms. The number of ether oxygens (including phenoxy) is 1. The van der Waals surface area contributed by atoms with Gasteiger partial charge in [-0.05, 0) is 60.5 Å². The summed E-state index contributed by atoms with van der Waals surface area (Å²) in [6.07, 6.45) is 1.35. The summed E-state index contributed by atoms with van der Waals surface area (Å²) in [4.78, 5) is 36.6. The van der Waals surface area contributed by atoms with E-state index in [9.17, 15) is 19.7 Å². The van der Waals surface area contributed by atoms with Crippen molar-refractivity contribution in [1.82, 2.24) is 5.32 Å². The molecule has 0 spiro atoms. The van der Waals surface area contributed by atoms with E-state index in [0.717, 1.165) is 10.0 Å². The van der Waals surface area contributed by atoms with Gasteiger partial charge in [0.15, 0.2) is 0 Å². The summed E-state index contributed by atoms with van der Waals surface area (Å²) in [6.45, 7) is 1.87. The molecule has 3 aromatic rings. The van der Waals surface area contributed by atoms with Crippen LogP contribution in [0.4, 0.5) is 11.4 Å². The number of nitrogens with one attached hydrogen (secondary N) is 2. The molecule has 0 saturated heterocycles. The molecule has 2 N–H and O–H groups in total. The lowest BCUT2D eigenvalue weighted by Gasteiger charge is -2.13. The van der Waals surface area contributed by atoms with Crippen LogP contribution in [0.25, 0.3) is 6.08 Å². The summed E-state index contributed by atoms with van der Waals surface area (Å²) in [5, 5.41) is 16.6. The highest BCUT2D eigenvalue weighted by Gasteiger charge is 2.18. The van der Waals surface area contributed by atoms with Gasteiger partial charge in [0.05, 0.1) is 22.6 Å². The molecule has 174 valence electrons. The predicted molar refractivity (Wildman–Crippen MR) is 134 cm³/mol. The largest absolute Gasteiger partial charge is 0.497 e. The van der Waals surface area contributed by atoms with Crippen molar-refractivity contribution in [3.63, 3.8) is 0 Å². The summed E-state index contributed by atoms with van der Waals surface area (Å²) in [5.74, 6) is -0.782. The van der Waals surface area contributed by atoms with Crippen molar-refractivity contribution >= 4 is 56.8 Å². The number of carbonyl (C=O) groups is 2. The minimum absolute atomic E-state index is 0.125. The van der Waals surface area contributed by atoms with Crippen molar-refractivity contribution in [2.45, 2.75) is 6.92 Å². The van der Waals surface area contributed by atoms with E-state index in [-0.39, 0.29) is 22.0 Å². The van der Waals surface area contributed by atoms with E-state index in [0.29, 0.717) is 17.0 Å². The molecule has 0 unspecified atom stereocenters. The number of hydrogen-bond acceptors (Lipinski definition) is 5. The first-order chi connectivity index (χ1) is 16.2. The normalized spacial score (nSPS) is 11.0. The van der Waals surface area contributed by atoms with Gasteiger partial charge in [0.25, 0.3) is 17.5 Å². The Hall–Kier alpha value is -3.69. The van der Waals surface area contributed by atoms with Crippen LogP contribution < -0.4 is 15.4 Å². The van der Waals surface area contributed by atoms with Gasteiger partial charge in [-0.1, -0.05) is 39.7 Å². The molecule has 34 heavy (non-hydrogen) atoms. The summed E-state index contributed by atoms with van der Waals surface area (Å²) < 4.78 is 5.97. The fourth-order valence-electron chi connectivity index (χ4n) is 2.97. The highest BCUT2D eigenvalue weighted by molar-refractivity contribution is 9.10. The molecule has 2 amide bonds. The fraction of sp³-hybridized carbons (Fsp3) is 0.0833. The van der Waals surface area contributed by atoms with Gasteiger partial charge in [0.1, 0.15) is 11.4 Å². The molecule has 3 rings (SSSR count). The van der Waals surface area contributed by atoms with Crippen LogP contribution in [0.1, 0.15) is 21.5 Å². The Bertz CT molecular complexity index is 1310. The zero-order valence-electron chi connectivity index (χ0n) is 18.1. The molecule has 0 saturated carbocycles. The maximum Gasteiger partial charge on any atom is 0.272 e. The van der Waals surface area contributed by atoms with E-state index in [2.05, 4.69) is 26.6 Å². The van der Waals surface area contributed by atoms with Crippen LogP contribution in [0.15, 0.2) is 70.8 Å². The van der Waals surface area contributed by atoms with Crippen molar-refractivity contribution in [2.24, 2.45) is 0 Å². The van der Waals surface area contributed by atoms with Gasteiger partial charge in [-0.3, -0.25) is 19.7 Å². The number of nitro benzene ring substituents is 1. The summed E-state index contributed by atoms with van der Waals surface area (Å²) in [6, 6.07) is 15.4. The average Bonchev–Trinajstić information content (AvgIpc) is 2.80. The monoisotopic (exact) mass is 543 g/mol. The molecule has 0 aromatic heterocycles. The van der Waals surface area contributed by atoms with Gasteiger partial charge in [0, 0.05) is 22.3 Å². The summed E-state index contributed by atoms with van der Waals surface area (Å²) in [7, 11) is 1.47. The maximum atomic E-state index is 13.1. The van der Waals surface area contributed by atoms with Gasteiger partial charge >= 0.3 is 0 Å². The molecular weight excluding hydrogens is 526 g/mol. The molecule has 0 aliphatic heterocycles. The van der Waals surface area contributed by atoms with E-state index in [4.69, 9.17) is 16.3 Å². The van der Waals surface area contributed by atoms with E-state index >= 15 is 0 Å². The molecule has 0 aliphatic carbocycles. The van der Waals surface area contributed by atoms with Crippen LogP contribution in [0.5, 0.6) is 5.75 Å². The van der Waals surface area contributed by atoms with Crippen LogP contribution in [0.3, 0.4) is 0 Å². The zero-order chi connectivity index (χ0) is 24.8. The van der Waals surface area contributed by atoms with E-state index in [1.54, 1.807) is 30.3 Å². The van der Waals surface area contributed by atoms with Crippen LogP contribution >= 0.6 is 27.5 Å². The number of halogens is 2. The van der Waals surface area contributed by atoms with Gasteiger partial charge in [-0.25, -0.2) is 0 Å². The molecular formula is C24H19BrClN3O5. The predicted octanol–water partition coefficient (Wildman–Crippen LogP) is 5.74. The topological polar surface area (TPSA) is 111 Å². The fourth-order valence-corrected chi connectivity index (χ4v) is 3.47. The van der Waals surface area contributed by atoms with Gasteiger partial charge in [-0.2, -0.15) is 0 Å². The third kappa shape index (κ3) is 6.21. The van der Waals surface area contributed by atoms with Gasteiger partial charge in [-0.15, -0.1) is 0 Å². The minimum Gasteiger partial charge on any atom is -0.497 e. The molecule has 0 radical (unpaired) electrons. The van der Waals surface area contributed by atoms with Crippen molar-refractivity contribution in [3.05, 3.63) is 103 Å². The minimum atomic E-state index is -0.633. The van der Waals surface area contributed by atoms with E-state index < -0.39 is 16.7 Å². The number of methoxy groups -OCH3 is 1. The van der Waals surface area contributed by atoms with Crippen molar-refractivity contribution in [3.8, 4) is 5.75 Å². The average molecular weight is 545 g/mol. The lowest BCUT2D eigenvalue weighted by molar-refractivity contribution is -0.384. The van der Waals surface area contributed by atoms with Crippen LogP contribution in [-0.2, 0) is 4.79 Å². The first-order valence-corrected chi connectivity index (χ1v) is 11.0. The second kappa shape index (κ2) is 11.0. The number of amides is 2. The Kier molecular flexibility index (Phi) is 8.04. The highest BCUT2D eigenvalue weighted by atomic mass is 79.9. The highest BCUT2D eigenvalue weighted by Crippen LogP contribution is 2.24. The number of benzene rings is 3. The Labute approximate surface area is 208 Å². The Balaban J connectivity index is 1.96. The first-order valence-electron chi connectivity index (χ1n) is 9.86. The van der Waals surface area contributed by atoms with E-state index in [1.807, 2.05) is 6.92 Å². The standard InChI is InChI=1S/C24H19BrClN3O5/c1-14-10-16(6-9-20(14)25)27-24(31)22(12-15-4-3-5-17(11-15)29(32)33)28-23(30)19-8-7-18(34-2)13-21(19)26/h3-13H,1-2H3,(H,27,31)(H,28,30). The summed E-state index contributed by atoms with van der Waals surface area (Å²) >= 11 is 9.61. The molecule has 0 atom stereocenters. The maximum absolute atomic E-state index is 13.1. The number of nitrogens with zero attached hydrogens (tertiary/aromatic N) is 1. The molecule has 10 heteroatoms. The van der Waals surface area contributed by atoms with Crippen molar-refractivity contribution in [1.29, 1.82) is 0 Å².